The van der Waals surface area contributed by atoms with Crippen LogP contribution in [0.2, 0.25) is 0 Å². The molecule has 3 rings (SSSR count). The SMILES string of the molecule is Cc1ccsc1/C=C/C(=O)OCC(=O)Nc1sc2c(c1C#N)CC[C@H](C)C2. The molecular formula is C20H20N2O3S2. The van der Waals surface area contributed by atoms with Gasteiger partial charge in [0.2, 0.25) is 0 Å². The van der Waals surface area contributed by atoms with Crippen LogP contribution in [-0.4, -0.2) is 18.5 Å². The molecule has 0 unspecified atom stereocenters. The number of aryl methyl sites for hydroxylation is 1. The number of nitrogens with one attached hydrogen (secondary N) is 1. The van der Waals surface area contributed by atoms with E-state index in [1.54, 1.807) is 6.08 Å². The summed E-state index contributed by atoms with van der Waals surface area (Å²) < 4.78 is 5.00. The minimum Gasteiger partial charge on any atom is -0.452 e. The molecule has 2 aromatic rings. The van der Waals surface area contributed by atoms with Gasteiger partial charge in [0.1, 0.15) is 11.1 Å². The lowest BCUT2D eigenvalue weighted by atomic mass is 9.89. The molecule has 0 aliphatic heterocycles. The van der Waals surface area contributed by atoms with Crippen LogP contribution in [0.5, 0.6) is 0 Å². The Morgan fingerprint density at radius 3 is 3.00 bits per heavy atom. The summed E-state index contributed by atoms with van der Waals surface area (Å²) >= 11 is 2.99. The highest BCUT2D eigenvalue weighted by Gasteiger charge is 2.24. The van der Waals surface area contributed by atoms with E-state index in [1.807, 2.05) is 18.4 Å². The highest BCUT2D eigenvalue weighted by Crippen LogP contribution is 2.39. The molecule has 1 N–H and O–H groups in total. The molecular weight excluding hydrogens is 380 g/mol. The van der Waals surface area contributed by atoms with E-state index in [0.717, 1.165) is 35.3 Å². The minimum atomic E-state index is -0.572. The molecule has 2 heterocycles. The molecule has 1 atom stereocenters. The first-order valence-corrected chi connectivity index (χ1v) is 10.4. The number of carbonyl (C=O) groups excluding carboxylic acids is 2. The molecule has 5 nitrogen and oxygen atoms in total. The van der Waals surface area contributed by atoms with Gasteiger partial charge >= 0.3 is 5.97 Å². The third-order valence-electron chi connectivity index (χ3n) is 4.49. The third-order valence-corrected chi connectivity index (χ3v) is 6.65. The van der Waals surface area contributed by atoms with Gasteiger partial charge in [-0.1, -0.05) is 6.92 Å². The van der Waals surface area contributed by atoms with Crippen LogP contribution >= 0.6 is 22.7 Å². The van der Waals surface area contributed by atoms with Crippen molar-refractivity contribution in [2.24, 2.45) is 5.92 Å². The Kier molecular flexibility index (Phi) is 6.09. The molecule has 1 aliphatic rings. The molecule has 0 bridgehead atoms. The molecule has 1 amide bonds. The number of fused-ring (bicyclic) bond motifs is 1. The van der Waals surface area contributed by atoms with E-state index >= 15 is 0 Å². The number of hydrogen-bond acceptors (Lipinski definition) is 6. The number of nitrogens with zero attached hydrogens (tertiary/aromatic N) is 1. The van der Waals surface area contributed by atoms with E-state index in [2.05, 4.69) is 18.3 Å². The predicted octanol–water partition coefficient (Wildman–Crippen LogP) is 4.31. The van der Waals surface area contributed by atoms with E-state index in [4.69, 9.17) is 4.74 Å². The molecule has 1 aliphatic carbocycles. The predicted molar refractivity (Wildman–Crippen MR) is 108 cm³/mol. The second kappa shape index (κ2) is 8.51. The second-order valence-corrected chi connectivity index (χ2v) is 8.68. The van der Waals surface area contributed by atoms with Gasteiger partial charge in [-0.3, -0.25) is 4.79 Å². The second-order valence-electron chi connectivity index (χ2n) is 6.62. The van der Waals surface area contributed by atoms with E-state index < -0.39 is 11.9 Å². The maximum Gasteiger partial charge on any atom is 0.331 e. The molecule has 0 aromatic carbocycles. The summed E-state index contributed by atoms with van der Waals surface area (Å²) in [7, 11) is 0. The van der Waals surface area contributed by atoms with Crippen molar-refractivity contribution in [2.75, 3.05) is 11.9 Å². The monoisotopic (exact) mass is 400 g/mol. The normalized spacial score (nSPS) is 16.0. The van der Waals surface area contributed by atoms with Crippen molar-refractivity contribution in [3.8, 4) is 6.07 Å². The van der Waals surface area contributed by atoms with Gasteiger partial charge in [0.25, 0.3) is 5.91 Å². The molecule has 0 saturated carbocycles. The highest BCUT2D eigenvalue weighted by molar-refractivity contribution is 7.16. The number of esters is 1. The van der Waals surface area contributed by atoms with Gasteiger partial charge in [-0.2, -0.15) is 5.26 Å². The first-order chi connectivity index (χ1) is 13.0. The molecule has 2 aromatic heterocycles. The number of carbonyl (C=O) groups is 2. The lowest BCUT2D eigenvalue weighted by Gasteiger charge is -2.17. The van der Waals surface area contributed by atoms with Crippen LogP contribution in [-0.2, 0) is 27.2 Å². The average molecular weight is 401 g/mol. The Hall–Kier alpha value is -2.43. The Balaban J connectivity index is 1.57. The van der Waals surface area contributed by atoms with E-state index in [9.17, 15) is 14.9 Å². The Morgan fingerprint density at radius 2 is 2.30 bits per heavy atom. The fourth-order valence-electron chi connectivity index (χ4n) is 3.00. The molecule has 0 saturated heterocycles. The van der Waals surface area contributed by atoms with Gasteiger partial charge in [-0.15, -0.1) is 22.7 Å². The number of thiophene rings is 2. The molecule has 0 spiro atoms. The van der Waals surface area contributed by atoms with Gasteiger partial charge in [-0.05, 0) is 60.8 Å². The zero-order valence-corrected chi connectivity index (χ0v) is 16.8. The van der Waals surface area contributed by atoms with Crippen LogP contribution in [0.15, 0.2) is 17.5 Å². The molecule has 27 heavy (non-hydrogen) atoms. The van der Waals surface area contributed by atoms with Crippen molar-refractivity contribution in [2.45, 2.75) is 33.1 Å². The maximum atomic E-state index is 12.1. The van der Waals surface area contributed by atoms with E-state index in [0.29, 0.717) is 16.5 Å². The average Bonchev–Trinajstić information content (AvgIpc) is 3.20. The highest BCUT2D eigenvalue weighted by atomic mass is 32.1. The summed E-state index contributed by atoms with van der Waals surface area (Å²) in [6, 6.07) is 4.18. The van der Waals surface area contributed by atoms with Crippen molar-refractivity contribution >= 4 is 45.6 Å². The third kappa shape index (κ3) is 4.65. The van der Waals surface area contributed by atoms with Crippen LogP contribution in [0.1, 0.15) is 39.8 Å². The Bertz CT molecular complexity index is 934. The summed E-state index contributed by atoms with van der Waals surface area (Å²) in [5.41, 5.74) is 2.69. The van der Waals surface area contributed by atoms with E-state index in [-0.39, 0.29) is 6.61 Å². The van der Waals surface area contributed by atoms with Gasteiger partial charge < -0.3 is 10.1 Å². The van der Waals surface area contributed by atoms with Crippen LogP contribution in [0.25, 0.3) is 6.08 Å². The standard InChI is InChI=1S/C20H20N2O3S2/c1-12-3-4-14-15(10-21)20(27-17(14)9-12)22-18(23)11-25-19(24)6-5-16-13(2)7-8-26-16/h5-8,12H,3-4,9,11H2,1-2H3,(H,22,23)/b6-5+/t12-/m0/s1. The molecule has 0 fully saturated rings. The minimum absolute atomic E-state index is 0.379. The Labute approximate surface area is 166 Å². The number of hydrogen-bond donors (Lipinski definition) is 1. The number of anilines is 1. The summed E-state index contributed by atoms with van der Waals surface area (Å²) in [5, 5.41) is 14.7. The van der Waals surface area contributed by atoms with Crippen LogP contribution in [0.3, 0.4) is 0 Å². The first-order valence-electron chi connectivity index (χ1n) is 8.71. The van der Waals surface area contributed by atoms with Gasteiger partial charge in [0.05, 0.1) is 5.56 Å². The molecule has 7 heteroatoms. The zero-order chi connectivity index (χ0) is 19.4. The quantitative estimate of drug-likeness (QED) is 0.599. The maximum absolute atomic E-state index is 12.1. The topological polar surface area (TPSA) is 79.2 Å². The van der Waals surface area contributed by atoms with Crippen molar-refractivity contribution < 1.29 is 14.3 Å². The van der Waals surface area contributed by atoms with Gasteiger partial charge in [0, 0.05) is 15.8 Å². The van der Waals surface area contributed by atoms with Crippen molar-refractivity contribution in [3.05, 3.63) is 44.0 Å². The van der Waals surface area contributed by atoms with Crippen LogP contribution in [0.4, 0.5) is 5.00 Å². The molecule has 140 valence electrons. The summed E-state index contributed by atoms with van der Waals surface area (Å²) in [4.78, 5) is 26.1. The summed E-state index contributed by atoms with van der Waals surface area (Å²) in [5.74, 6) is -0.420. The fourth-order valence-corrected chi connectivity index (χ4v) is 5.20. The summed E-state index contributed by atoms with van der Waals surface area (Å²) in [6.45, 7) is 3.77. The summed E-state index contributed by atoms with van der Waals surface area (Å²) in [6.07, 6.45) is 5.86. The number of amides is 1. The fraction of sp³-hybridized carbons (Fsp3) is 0.350. The Morgan fingerprint density at radius 1 is 1.48 bits per heavy atom. The smallest absolute Gasteiger partial charge is 0.331 e. The zero-order valence-electron chi connectivity index (χ0n) is 15.2. The van der Waals surface area contributed by atoms with Crippen molar-refractivity contribution in [1.82, 2.24) is 0 Å². The lowest BCUT2D eigenvalue weighted by molar-refractivity contribution is -0.142. The van der Waals surface area contributed by atoms with Crippen molar-refractivity contribution in [1.29, 1.82) is 5.26 Å². The number of ether oxygens (including phenoxy) is 1. The van der Waals surface area contributed by atoms with E-state index in [1.165, 1.54) is 33.6 Å². The number of rotatable bonds is 5. The van der Waals surface area contributed by atoms with Crippen molar-refractivity contribution in [3.63, 3.8) is 0 Å². The van der Waals surface area contributed by atoms with Gasteiger partial charge in [0.15, 0.2) is 6.61 Å². The number of nitriles is 1. The largest absolute Gasteiger partial charge is 0.452 e. The molecule has 0 radical (unpaired) electrons. The van der Waals surface area contributed by atoms with Crippen LogP contribution < -0.4 is 5.32 Å². The van der Waals surface area contributed by atoms with Gasteiger partial charge in [-0.25, -0.2) is 4.79 Å². The van der Waals surface area contributed by atoms with Crippen LogP contribution in [0, 0.1) is 24.2 Å². The lowest BCUT2D eigenvalue weighted by Crippen LogP contribution is -2.20. The first kappa shape index (κ1) is 19.3.